The van der Waals surface area contributed by atoms with Crippen LogP contribution in [0.4, 0.5) is 11.4 Å². The number of amides is 1. The molecule has 1 fully saturated rings. The maximum Gasteiger partial charge on any atom is 0.271 e. The second kappa shape index (κ2) is 7.60. The Morgan fingerprint density at radius 1 is 1.03 bits per heavy atom. The second-order valence-corrected chi connectivity index (χ2v) is 9.09. The topological polar surface area (TPSA) is 41.9 Å². The molecule has 2 heterocycles. The average Bonchev–Trinajstić information content (AvgIpc) is 2.91. The maximum absolute atomic E-state index is 13.5. The fraction of sp³-hybridized carbons (Fsp3) is 0.167. The number of thioether (sulfide) groups is 1. The third-order valence-electron chi connectivity index (χ3n) is 5.64. The molecule has 3 aromatic rings. The van der Waals surface area contributed by atoms with Crippen LogP contribution in [0, 0.1) is 0 Å². The molecule has 0 spiro atoms. The van der Waals surface area contributed by atoms with Crippen LogP contribution in [0.2, 0.25) is 0 Å². The number of hydrogen-bond donors (Lipinski definition) is 0. The lowest BCUT2D eigenvalue weighted by Gasteiger charge is -2.56. The van der Waals surface area contributed by atoms with Gasteiger partial charge in [0.2, 0.25) is 6.10 Å². The molecule has 0 bridgehead atoms. The largest absolute Gasteiger partial charge is 0.478 e. The van der Waals surface area contributed by atoms with E-state index in [2.05, 4.69) is 28.1 Å². The molecule has 1 amide bonds. The normalized spacial score (nSPS) is 22.3. The summed E-state index contributed by atoms with van der Waals surface area (Å²) in [5.74, 6) is 0.638. The van der Waals surface area contributed by atoms with Gasteiger partial charge in [-0.3, -0.25) is 9.69 Å². The number of ether oxygens (including phenoxy) is 1. The fourth-order valence-corrected chi connectivity index (χ4v) is 5.07. The summed E-state index contributed by atoms with van der Waals surface area (Å²) in [5, 5.41) is 0.974. The number of halogens is 1. The van der Waals surface area contributed by atoms with Gasteiger partial charge in [-0.15, -0.1) is 11.8 Å². The van der Waals surface area contributed by atoms with E-state index in [9.17, 15) is 4.79 Å². The number of aliphatic imine (C=N–C) groups is 1. The second-order valence-electron chi connectivity index (χ2n) is 7.29. The van der Waals surface area contributed by atoms with E-state index in [1.54, 1.807) is 11.8 Å². The molecule has 0 saturated carbocycles. The molecule has 0 N–H and O–H groups in total. The number of carbonyl (C=O) groups excluding carboxylic acids is 1. The summed E-state index contributed by atoms with van der Waals surface area (Å²) in [6.45, 7) is 0. The summed E-state index contributed by atoms with van der Waals surface area (Å²) in [6, 6.07) is 25.5. The number of benzene rings is 3. The molecule has 2 aliphatic rings. The minimum absolute atomic E-state index is 0.0493. The van der Waals surface area contributed by atoms with E-state index >= 15 is 0 Å². The van der Waals surface area contributed by atoms with Crippen molar-refractivity contribution in [2.24, 2.45) is 4.99 Å². The van der Waals surface area contributed by atoms with Gasteiger partial charge in [0, 0.05) is 10.9 Å². The van der Waals surface area contributed by atoms with Gasteiger partial charge in [-0.25, -0.2) is 4.99 Å². The molecule has 4 nitrogen and oxygen atoms in total. The Labute approximate surface area is 188 Å². The zero-order chi connectivity index (χ0) is 20.7. The predicted octanol–water partition coefficient (Wildman–Crippen LogP) is 5.94. The molecule has 2 unspecified atom stereocenters. The van der Waals surface area contributed by atoms with Crippen molar-refractivity contribution in [3.8, 4) is 5.75 Å². The number of hydrogen-bond acceptors (Lipinski definition) is 4. The molecule has 0 aromatic heterocycles. The molecule has 3 aromatic carbocycles. The quantitative estimate of drug-likeness (QED) is 0.437. The SMILES string of the molecule is CSC1=Nc2ccccc2N2C(=O)C(Oc3ccccc3)C2(c2ccc(Br)cc2)C1. The van der Waals surface area contributed by atoms with Crippen LogP contribution in [0.1, 0.15) is 12.0 Å². The highest BCUT2D eigenvalue weighted by Gasteiger charge is 2.65. The summed E-state index contributed by atoms with van der Waals surface area (Å²) in [7, 11) is 0. The Hall–Kier alpha value is -2.57. The van der Waals surface area contributed by atoms with Gasteiger partial charge < -0.3 is 4.74 Å². The van der Waals surface area contributed by atoms with Gasteiger partial charge in [0.15, 0.2) is 0 Å². The number of rotatable bonds is 3. The van der Waals surface area contributed by atoms with Gasteiger partial charge in [-0.05, 0) is 48.2 Å². The molecule has 2 atom stereocenters. The van der Waals surface area contributed by atoms with Gasteiger partial charge in [-0.1, -0.05) is 58.4 Å². The van der Waals surface area contributed by atoms with Gasteiger partial charge in [0.1, 0.15) is 11.3 Å². The summed E-state index contributed by atoms with van der Waals surface area (Å²) in [5.41, 5.74) is 2.00. The molecule has 150 valence electrons. The molecule has 2 aliphatic heterocycles. The van der Waals surface area contributed by atoms with Crippen molar-refractivity contribution in [3.05, 3.63) is 88.9 Å². The lowest BCUT2D eigenvalue weighted by Crippen LogP contribution is -2.74. The first kappa shape index (κ1) is 19.4. The van der Waals surface area contributed by atoms with Crippen LogP contribution in [0.3, 0.4) is 0 Å². The first-order valence-electron chi connectivity index (χ1n) is 9.66. The highest BCUT2D eigenvalue weighted by molar-refractivity contribution is 9.10. The molecule has 5 rings (SSSR count). The van der Waals surface area contributed by atoms with E-state index in [0.29, 0.717) is 12.2 Å². The number of nitrogens with zero attached hydrogens (tertiary/aromatic N) is 2. The average molecular weight is 479 g/mol. The van der Waals surface area contributed by atoms with E-state index in [1.165, 1.54) is 0 Å². The third-order valence-corrected chi connectivity index (χ3v) is 6.88. The van der Waals surface area contributed by atoms with E-state index < -0.39 is 11.6 Å². The van der Waals surface area contributed by atoms with Crippen LogP contribution in [0.5, 0.6) is 5.75 Å². The van der Waals surface area contributed by atoms with Crippen LogP contribution in [0.25, 0.3) is 0 Å². The number of β-lactam (4-membered cyclic amide) rings is 1. The Bertz CT molecular complexity index is 1130. The Morgan fingerprint density at radius 3 is 2.47 bits per heavy atom. The predicted molar refractivity (Wildman–Crippen MR) is 126 cm³/mol. The Morgan fingerprint density at radius 2 is 1.73 bits per heavy atom. The molecular weight excluding hydrogens is 460 g/mol. The fourth-order valence-electron chi connectivity index (χ4n) is 4.25. The monoisotopic (exact) mass is 478 g/mol. The van der Waals surface area contributed by atoms with Crippen molar-refractivity contribution >= 4 is 50.0 Å². The van der Waals surface area contributed by atoms with Crippen molar-refractivity contribution in [2.75, 3.05) is 11.2 Å². The minimum Gasteiger partial charge on any atom is -0.478 e. The van der Waals surface area contributed by atoms with Gasteiger partial charge >= 0.3 is 0 Å². The molecule has 0 aliphatic carbocycles. The highest BCUT2D eigenvalue weighted by atomic mass is 79.9. The van der Waals surface area contributed by atoms with E-state index in [1.807, 2.05) is 77.9 Å². The lowest BCUT2D eigenvalue weighted by molar-refractivity contribution is -0.141. The highest BCUT2D eigenvalue weighted by Crippen LogP contribution is 2.54. The third kappa shape index (κ3) is 2.97. The number of anilines is 1. The zero-order valence-corrected chi connectivity index (χ0v) is 18.7. The van der Waals surface area contributed by atoms with Crippen LogP contribution in [0.15, 0.2) is 88.3 Å². The standard InChI is InChI=1S/C24H19BrN2O2S/c1-30-21-15-24(16-11-13-17(25)14-12-16)22(29-18-7-3-2-4-8-18)23(28)27(24)20-10-6-5-9-19(20)26-21/h2-14,22H,15H2,1H3. The van der Waals surface area contributed by atoms with Crippen LogP contribution >= 0.6 is 27.7 Å². The molecule has 1 saturated heterocycles. The molecule has 30 heavy (non-hydrogen) atoms. The lowest BCUT2D eigenvalue weighted by atomic mass is 9.72. The van der Waals surface area contributed by atoms with Crippen molar-refractivity contribution in [1.82, 2.24) is 0 Å². The number of carbonyl (C=O) groups is 1. The Balaban J connectivity index is 1.70. The van der Waals surface area contributed by atoms with Gasteiger partial charge in [0.05, 0.1) is 16.4 Å². The maximum atomic E-state index is 13.5. The summed E-state index contributed by atoms with van der Waals surface area (Å²) < 4.78 is 7.31. The molecular formula is C24H19BrN2O2S. The first-order chi connectivity index (χ1) is 14.6. The smallest absolute Gasteiger partial charge is 0.271 e. The summed E-state index contributed by atoms with van der Waals surface area (Å²) in [4.78, 5) is 20.3. The molecule has 0 radical (unpaired) electrons. The number of para-hydroxylation sites is 3. The number of fused-ring (bicyclic) bond motifs is 3. The van der Waals surface area contributed by atoms with Crippen molar-refractivity contribution in [3.63, 3.8) is 0 Å². The van der Waals surface area contributed by atoms with Crippen molar-refractivity contribution < 1.29 is 9.53 Å². The van der Waals surface area contributed by atoms with Gasteiger partial charge in [-0.2, -0.15) is 0 Å². The van der Waals surface area contributed by atoms with Crippen LogP contribution < -0.4 is 9.64 Å². The van der Waals surface area contributed by atoms with Crippen molar-refractivity contribution in [2.45, 2.75) is 18.1 Å². The Kier molecular flexibility index (Phi) is 4.91. The minimum atomic E-state index is -0.665. The van der Waals surface area contributed by atoms with E-state index in [-0.39, 0.29) is 5.91 Å². The van der Waals surface area contributed by atoms with E-state index in [4.69, 9.17) is 9.73 Å². The van der Waals surface area contributed by atoms with E-state index in [0.717, 1.165) is 26.5 Å². The van der Waals surface area contributed by atoms with Gasteiger partial charge in [0.25, 0.3) is 5.91 Å². The van der Waals surface area contributed by atoms with Crippen molar-refractivity contribution in [1.29, 1.82) is 0 Å². The zero-order valence-electron chi connectivity index (χ0n) is 16.3. The molecule has 6 heteroatoms. The summed E-state index contributed by atoms with van der Waals surface area (Å²) in [6.07, 6.45) is 1.98. The summed E-state index contributed by atoms with van der Waals surface area (Å²) >= 11 is 5.14. The van der Waals surface area contributed by atoms with Crippen LogP contribution in [-0.2, 0) is 10.3 Å². The first-order valence-corrected chi connectivity index (χ1v) is 11.7. The van der Waals surface area contributed by atoms with Crippen LogP contribution in [-0.4, -0.2) is 23.3 Å².